The first kappa shape index (κ1) is 16.8. The maximum absolute atomic E-state index is 3.97. The lowest BCUT2D eigenvalue weighted by atomic mass is 10.1. The summed E-state index contributed by atoms with van der Waals surface area (Å²) < 4.78 is 0. The fourth-order valence-corrected chi connectivity index (χ4v) is 2.46. The Balaban J connectivity index is 2.55. The number of rotatable bonds is 10. The third kappa shape index (κ3) is 6.27. The first-order valence-electron chi connectivity index (χ1n) is 8.15. The van der Waals surface area contributed by atoms with Gasteiger partial charge in [-0.1, -0.05) is 38.0 Å². The summed E-state index contributed by atoms with van der Waals surface area (Å²) in [6.07, 6.45) is 7.27. The third-order valence-electron chi connectivity index (χ3n) is 3.65. The third-order valence-corrected chi connectivity index (χ3v) is 3.65. The van der Waals surface area contributed by atoms with Crippen LogP contribution >= 0.6 is 0 Å². The first-order valence-corrected chi connectivity index (χ1v) is 8.15. The molecule has 1 aromatic rings. The van der Waals surface area contributed by atoms with E-state index < -0.39 is 0 Å². The molecule has 20 heavy (non-hydrogen) atoms. The van der Waals surface area contributed by atoms with Crippen molar-refractivity contribution >= 4 is 5.69 Å². The predicted molar refractivity (Wildman–Crippen MR) is 91.6 cm³/mol. The van der Waals surface area contributed by atoms with Crippen molar-refractivity contribution in [2.75, 3.05) is 18.0 Å². The lowest BCUT2D eigenvalue weighted by molar-refractivity contribution is 0.704. The van der Waals surface area contributed by atoms with Crippen LogP contribution in [0.5, 0.6) is 0 Å². The molecule has 1 aromatic carbocycles. The van der Waals surface area contributed by atoms with Crippen LogP contribution in [-0.2, 0) is 6.42 Å². The van der Waals surface area contributed by atoms with E-state index in [-0.39, 0.29) is 0 Å². The molecule has 0 heterocycles. The van der Waals surface area contributed by atoms with Gasteiger partial charge in [0.1, 0.15) is 0 Å². The molecule has 1 nitrogen and oxygen atoms in total. The molecule has 0 saturated heterocycles. The normalized spacial score (nSPS) is 10.6. The van der Waals surface area contributed by atoms with Gasteiger partial charge in [0, 0.05) is 18.8 Å². The van der Waals surface area contributed by atoms with E-state index in [4.69, 9.17) is 0 Å². The molecule has 112 valence electrons. The predicted octanol–water partition coefficient (Wildman–Crippen LogP) is 5.60. The monoisotopic (exact) mass is 273 g/mol. The van der Waals surface area contributed by atoms with Gasteiger partial charge in [-0.15, -0.1) is 6.58 Å². The van der Waals surface area contributed by atoms with E-state index in [9.17, 15) is 0 Å². The van der Waals surface area contributed by atoms with Gasteiger partial charge in [-0.25, -0.2) is 0 Å². The zero-order valence-corrected chi connectivity index (χ0v) is 13.6. The van der Waals surface area contributed by atoms with Crippen LogP contribution in [0.2, 0.25) is 0 Å². The van der Waals surface area contributed by atoms with Crippen molar-refractivity contribution < 1.29 is 0 Å². The second kappa shape index (κ2) is 9.63. The molecule has 0 bridgehead atoms. The number of aryl methyl sites for hydroxylation is 1. The summed E-state index contributed by atoms with van der Waals surface area (Å²) in [5.41, 5.74) is 4.11. The second-order valence-electron chi connectivity index (χ2n) is 5.82. The number of nitrogens with zero attached hydrogens (tertiary/aromatic N) is 1. The SMILES string of the molecule is C=C(C)CCCc1ccc(N(CCC)CCCC)cc1. The number of hydrogen-bond acceptors (Lipinski definition) is 1. The van der Waals surface area contributed by atoms with Gasteiger partial charge < -0.3 is 4.90 Å². The maximum atomic E-state index is 3.97. The fourth-order valence-electron chi connectivity index (χ4n) is 2.46. The molecule has 0 atom stereocenters. The van der Waals surface area contributed by atoms with Gasteiger partial charge >= 0.3 is 0 Å². The van der Waals surface area contributed by atoms with E-state index in [1.807, 2.05) is 0 Å². The summed E-state index contributed by atoms with van der Waals surface area (Å²) in [5, 5.41) is 0. The molecule has 0 amide bonds. The Bertz CT molecular complexity index is 377. The quantitative estimate of drug-likeness (QED) is 0.501. The molecule has 1 rings (SSSR count). The van der Waals surface area contributed by atoms with Crippen LogP contribution < -0.4 is 4.90 Å². The van der Waals surface area contributed by atoms with E-state index in [1.54, 1.807) is 0 Å². The Kier molecular flexibility index (Phi) is 8.10. The highest BCUT2D eigenvalue weighted by Crippen LogP contribution is 2.18. The van der Waals surface area contributed by atoms with Crippen molar-refractivity contribution in [3.63, 3.8) is 0 Å². The molecular formula is C19H31N. The number of anilines is 1. The summed E-state index contributed by atoms with van der Waals surface area (Å²) in [5.74, 6) is 0. The first-order chi connectivity index (χ1) is 9.67. The van der Waals surface area contributed by atoms with Crippen LogP contribution in [-0.4, -0.2) is 13.1 Å². The van der Waals surface area contributed by atoms with Crippen LogP contribution in [0.1, 0.15) is 58.4 Å². The summed E-state index contributed by atoms with van der Waals surface area (Å²) in [6, 6.07) is 9.17. The number of benzene rings is 1. The minimum absolute atomic E-state index is 1.14. The average molecular weight is 273 g/mol. The van der Waals surface area contributed by atoms with Gasteiger partial charge in [-0.3, -0.25) is 0 Å². The average Bonchev–Trinajstić information content (AvgIpc) is 2.44. The van der Waals surface area contributed by atoms with Gasteiger partial charge in [-0.2, -0.15) is 0 Å². The van der Waals surface area contributed by atoms with Gasteiger partial charge in [0.05, 0.1) is 0 Å². The van der Waals surface area contributed by atoms with Crippen molar-refractivity contribution in [3.05, 3.63) is 42.0 Å². The molecule has 0 unspecified atom stereocenters. The van der Waals surface area contributed by atoms with Crippen molar-refractivity contribution in [1.29, 1.82) is 0 Å². The van der Waals surface area contributed by atoms with Gasteiger partial charge in [-0.05, 0) is 56.7 Å². The summed E-state index contributed by atoms with van der Waals surface area (Å²) >= 11 is 0. The van der Waals surface area contributed by atoms with Crippen LogP contribution in [0.25, 0.3) is 0 Å². The zero-order chi connectivity index (χ0) is 14.8. The van der Waals surface area contributed by atoms with E-state index in [0.717, 1.165) is 19.4 Å². The van der Waals surface area contributed by atoms with E-state index in [0.29, 0.717) is 0 Å². The van der Waals surface area contributed by atoms with E-state index >= 15 is 0 Å². The molecule has 0 aliphatic rings. The molecule has 0 aliphatic heterocycles. The van der Waals surface area contributed by atoms with Gasteiger partial charge in [0.15, 0.2) is 0 Å². The highest BCUT2D eigenvalue weighted by molar-refractivity contribution is 5.47. The minimum Gasteiger partial charge on any atom is -0.372 e. The Hall–Kier alpha value is -1.24. The number of hydrogen-bond donors (Lipinski definition) is 0. The van der Waals surface area contributed by atoms with E-state index in [1.165, 1.54) is 49.1 Å². The molecular weight excluding hydrogens is 242 g/mol. The minimum atomic E-state index is 1.14. The van der Waals surface area contributed by atoms with Crippen molar-refractivity contribution in [2.45, 2.75) is 59.3 Å². The van der Waals surface area contributed by atoms with E-state index in [2.05, 4.69) is 56.5 Å². The summed E-state index contributed by atoms with van der Waals surface area (Å²) in [4.78, 5) is 2.52. The Morgan fingerprint density at radius 2 is 1.70 bits per heavy atom. The standard InChI is InChI=1S/C19H31N/c1-5-7-16-20(15-6-2)19-13-11-18(12-14-19)10-8-9-17(3)4/h11-14H,3,5-10,15-16H2,1-2,4H3. The largest absolute Gasteiger partial charge is 0.372 e. The maximum Gasteiger partial charge on any atom is 0.0366 e. The molecule has 0 N–H and O–H groups in total. The van der Waals surface area contributed by atoms with Crippen LogP contribution in [0.15, 0.2) is 36.4 Å². The number of unbranched alkanes of at least 4 members (excludes halogenated alkanes) is 1. The highest BCUT2D eigenvalue weighted by Gasteiger charge is 2.04. The Labute approximate surface area is 125 Å². The zero-order valence-electron chi connectivity index (χ0n) is 13.6. The molecule has 1 heteroatoms. The van der Waals surface area contributed by atoms with Crippen molar-refractivity contribution in [2.24, 2.45) is 0 Å². The fraction of sp³-hybridized carbons (Fsp3) is 0.579. The van der Waals surface area contributed by atoms with Crippen LogP contribution in [0.4, 0.5) is 5.69 Å². The molecule has 0 saturated carbocycles. The summed E-state index contributed by atoms with van der Waals surface area (Å²) in [6.45, 7) is 12.9. The molecule has 0 aliphatic carbocycles. The van der Waals surface area contributed by atoms with Gasteiger partial charge in [0.2, 0.25) is 0 Å². The van der Waals surface area contributed by atoms with Crippen molar-refractivity contribution in [1.82, 2.24) is 0 Å². The molecule has 0 fully saturated rings. The van der Waals surface area contributed by atoms with Crippen LogP contribution in [0.3, 0.4) is 0 Å². The number of allylic oxidation sites excluding steroid dienone is 1. The molecule has 0 spiro atoms. The van der Waals surface area contributed by atoms with Crippen LogP contribution in [0, 0.1) is 0 Å². The molecule has 0 radical (unpaired) electrons. The smallest absolute Gasteiger partial charge is 0.0366 e. The highest BCUT2D eigenvalue weighted by atomic mass is 15.1. The van der Waals surface area contributed by atoms with Gasteiger partial charge in [0.25, 0.3) is 0 Å². The summed E-state index contributed by atoms with van der Waals surface area (Å²) in [7, 11) is 0. The lowest BCUT2D eigenvalue weighted by Crippen LogP contribution is -2.25. The lowest BCUT2D eigenvalue weighted by Gasteiger charge is -2.24. The Morgan fingerprint density at radius 3 is 2.25 bits per heavy atom. The topological polar surface area (TPSA) is 3.24 Å². The molecule has 0 aromatic heterocycles. The van der Waals surface area contributed by atoms with Crippen molar-refractivity contribution in [3.8, 4) is 0 Å². The second-order valence-corrected chi connectivity index (χ2v) is 5.82. The Morgan fingerprint density at radius 1 is 1.00 bits per heavy atom.